The van der Waals surface area contributed by atoms with Crippen LogP contribution < -0.4 is 10.1 Å². The second-order valence-corrected chi connectivity index (χ2v) is 6.59. The number of nitro groups is 1. The number of benzene rings is 3. The highest BCUT2D eigenvalue weighted by molar-refractivity contribution is 6.19. The first-order valence-electron chi connectivity index (χ1n) is 9.24. The molecule has 0 saturated heterocycles. The van der Waals surface area contributed by atoms with Gasteiger partial charge in [0.25, 0.3) is 11.6 Å². The molecule has 0 saturated carbocycles. The minimum absolute atomic E-state index is 0.0820. The molecule has 0 aliphatic carbocycles. The molecule has 0 fully saturated rings. The lowest BCUT2D eigenvalue weighted by molar-refractivity contribution is -0.385. The van der Waals surface area contributed by atoms with Crippen molar-refractivity contribution in [3.63, 3.8) is 0 Å². The van der Waals surface area contributed by atoms with Crippen LogP contribution in [0.1, 0.15) is 26.5 Å². The molecule has 1 amide bonds. The molecule has 0 unspecified atom stereocenters. The van der Waals surface area contributed by atoms with E-state index >= 15 is 0 Å². The number of amides is 1. The fourth-order valence-corrected chi connectivity index (χ4v) is 3.23. The van der Waals surface area contributed by atoms with Gasteiger partial charge in [-0.25, -0.2) is 0 Å². The van der Waals surface area contributed by atoms with Gasteiger partial charge in [-0.1, -0.05) is 36.4 Å². The zero-order chi connectivity index (χ0) is 22.0. The van der Waals surface area contributed by atoms with Gasteiger partial charge < -0.3 is 14.5 Å². The number of rotatable bonds is 6. The normalized spacial score (nSPS) is 10.6. The Hall–Kier alpha value is -4.46. The molecular weight excluding hydrogens is 400 g/mol. The van der Waals surface area contributed by atoms with E-state index in [-0.39, 0.29) is 22.7 Å². The molecule has 0 spiro atoms. The van der Waals surface area contributed by atoms with Crippen LogP contribution in [0.5, 0.6) is 5.75 Å². The summed E-state index contributed by atoms with van der Waals surface area (Å²) in [5, 5.41) is 14.4. The molecule has 1 heterocycles. The quantitative estimate of drug-likeness (QED) is 0.274. The Morgan fingerprint density at radius 1 is 1.00 bits per heavy atom. The van der Waals surface area contributed by atoms with E-state index in [1.54, 1.807) is 48.5 Å². The van der Waals surface area contributed by atoms with E-state index in [4.69, 9.17) is 9.15 Å². The first-order chi connectivity index (χ1) is 15.0. The van der Waals surface area contributed by atoms with Crippen molar-refractivity contribution >= 4 is 34.0 Å². The molecule has 4 rings (SSSR count). The molecule has 0 aliphatic rings. The van der Waals surface area contributed by atoms with Crippen LogP contribution in [0, 0.1) is 10.1 Å². The summed E-state index contributed by atoms with van der Waals surface area (Å²) in [6.07, 6.45) is 0. The number of nitrogens with zero attached hydrogens (tertiary/aromatic N) is 1. The van der Waals surface area contributed by atoms with Gasteiger partial charge in [-0.2, -0.15) is 0 Å². The van der Waals surface area contributed by atoms with E-state index in [0.29, 0.717) is 22.3 Å². The van der Waals surface area contributed by atoms with E-state index in [1.807, 2.05) is 0 Å². The number of furan rings is 1. The van der Waals surface area contributed by atoms with Crippen molar-refractivity contribution in [1.82, 2.24) is 0 Å². The Balaban J connectivity index is 1.80. The summed E-state index contributed by atoms with van der Waals surface area (Å²) in [4.78, 5) is 36.8. The smallest absolute Gasteiger partial charge is 0.282 e. The van der Waals surface area contributed by atoms with Crippen LogP contribution in [-0.4, -0.2) is 23.7 Å². The maximum absolute atomic E-state index is 13.2. The highest BCUT2D eigenvalue weighted by Crippen LogP contribution is 2.34. The third-order valence-electron chi connectivity index (χ3n) is 4.72. The average molecular weight is 416 g/mol. The second kappa shape index (κ2) is 8.11. The molecular formula is C23H16N2O6. The fraction of sp³-hybridized carbons (Fsp3) is 0.0435. The van der Waals surface area contributed by atoms with E-state index in [1.165, 1.54) is 31.4 Å². The van der Waals surface area contributed by atoms with Crippen molar-refractivity contribution in [2.24, 2.45) is 0 Å². The van der Waals surface area contributed by atoms with Gasteiger partial charge in [0, 0.05) is 17.0 Å². The Morgan fingerprint density at radius 3 is 2.52 bits per heavy atom. The van der Waals surface area contributed by atoms with Gasteiger partial charge in [0.1, 0.15) is 16.9 Å². The summed E-state index contributed by atoms with van der Waals surface area (Å²) >= 11 is 0. The summed E-state index contributed by atoms with van der Waals surface area (Å²) in [7, 11) is 1.49. The number of fused-ring (bicyclic) bond motifs is 1. The molecule has 3 aromatic carbocycles. The number of ketones is 1. The number of ether oxygens (including phenoxy) is 1. The Morgan fingerprint density at radius 2 is 1.74 bits per heavy atom. The Bertz CT molecular complexity index is 1320. The van der Waals surface area contributed by atoms with Gasteiger partial charge >= 0.3 is 0 Å². The number of nitrogens with one attached hydrogen (secondary N) is 1. The molecule has 8 heteroatoms. The third-order valence-corrected chi connectivity index (χ3v) is 4.72. The summed E-state index contributed by atoms with van der Waals surface area (Å²) < 4.78 is 10.9. The molecule has 0 aliphatic heterocycles. The molecule has 0 bridgehead atoms. The maximum atomic E-state index is 13.2. The lowest BCUT2D eigenvalue weighted by atomic mass is 10.1. The monoisotopic (exact) mass is 416 g/mol. The Labute approximate surface area is 176 Å². The molecule has 0 atom stereocenters. The van der Waals surface area contributed by atoms with Crippen LogP contribution in [0.4, 0.5) is 11.4 Å². The van der Waals surface area contributed by atoms with E-state index in [2.05, 4.69) is 5.32 Å². The van der Waals surface area contributed by atoms with Gasteiger partial charge in [-0.15, -0.1) is 0 Å². The number of carbonyl (C=O) groups excluding carboxylic acids is 2. The number of carbonyl (C=O) groups is 2. The summed E-state index contributed by atoms with van der Waals surface area (Å²) in [5.41, 5.74) is 0.379. The zero-order valence-corrected chi connectivity index (χ0v) is 16.3. The van der Waals surface area contributed by atoms with Crippen LogP contribution in [-0.2, 0) is 0 Å². The zero-order valence-electron chi connectivity index (χ0n) is 16.3. The fourth-order valence-electron chi connectivity index (χ4n) is 3.23. The first-order valence-corrected chi connectivity index (χ1v) is 9.24. The van der Waals surface area contributed by atoms with Gasteiger partial charge in [0.05, 0.1) is 17.7 Å². The predicted octanol–water partition coefficient (Wildman–Crippen LogP) is 4.83. The van der Waals surface area contributed by atoms with Crippen LogP contribution in [0.25, 0.3) is 11.0 Å². The van der Waals surface area contributed by atoms with E-state index < -0.39 is 16.6 Å². The average Bonchev–Trinajstić information content (AvgIpc) is 3.16. The number of nitro benzene ring substituents is 1. The van der Waals surface area contributed by atoms with Crippen LogP contribution in [0.15, 0.2) is 77.2 Å². The van der Waals surface area contributed by atoms with Gasteiger partial charge in [-0.3, -0.25) is 19.7 Å². The molecule has 1 aromatic heterocycles. The van der Waals surface area contributed by atoms with E-state index in [0.717, 1.165) is 0 Å². The number of anilines is 1. The molecule has 1 N–H and O–H groups in total. The lowest BCUT2D eigenvalue weighted by Gasteiger charge is -2.07. The first kappa shape index (κ1) is 19.8. The molecule has 154 valence electrons. The third kappa shape index (κ3) is 3.74. The number of para-hydroxylation sites is 2. The minimum atomic E-state index is -0.724. The summed E-state index contributed by atoms with van der Waals surface area (Å²) in [6, 6.07) is 18.9. The van der Waals surface area contributed by atoms with Crippen molar-refractivity contribution in [3.8, 4) is 5.75 Å². The van der Waals surface area contributed by atoms with E-state index in [9.17, 15) is 19.7 Å². The maximum Gasteiger partial charge on any atom is 0.282 e. The van der Waals surface area contributed by atoms with Crippen molar-refractivity contribution in [1.29, 1.82) is 0 Å². The molecule has 4 aromatic rings. The highest BCUT2D eigenvalue weighted by atomic mass is 16.6. The molecule has 0 radical (unpaired) electrons. The number of methoxy groups -OCH3 is 1. The van der Waals surface area contributed by atoms with Crippen molar-refractivity contribution < 1.29 is 23.7 Å². The highest BCUT2D eigenvalue weighted by Gasteiger charge is 2.26. The second-order valence-electron chi connectivity index (χ2n) is 6.59. The van der Waals surface area contributed by atoms with Crippen molar-refractivity contribution in [3.05, 3.63) is 99.8 Å². The minimum Gasteiger partial charge on any atom is -0.497 e. The topological polar surface area (TPSA) is 112 Å². The molecule has 31 heavy (non-hydrogen) atoms. The Kier molecular flexibility index (Phi) is 5.19. The van der Waals surface area contributed by atoms with Gasteiger partial charge in [0.2, 0.25) is 5.78 Å². The van der Waals surface area contributed by atoms with Crippen LogP contribution in [0.2, 0.25) is 0 Å². The van der Waals surface area contributed by atoms with Crippen molar-refractivity contribution in [2.45, 2.75) is 0 Å². The van der Waals surface area contributed by atoms with Crippen LogP contribution in [0.3, 0.4) is 0 Å². The van der Waals surface area contributed by atoms with Gasteiger partial charge in [0.15, 0.2) is 5.76 Å². The van der Waals surface area contributed by atoms with Crippen LogP contribution >= 0.6 is 0 Å². The standard InChI is InChI=1S/C23H16N2O6/c1-30-15-8-6-7-14(13-15)21(26)22-20(17-10-3-5-12-19(17)31-22)24-23(27)16-9-2-4-11-18(16)25(28)29/h2-13H,1H3,(H,24,27). The SMILES string of the molecule is COc1cccc(C(=O)c2oc3ccccc3c2NC(=O)c2ccccc2[N+](=O)[O-])c1. The van der Waals surface area contributed by atoms with Gasteiger partial charge in [-0.05, 0) is 30.3 Å². The number of hydrogen-bond acceptors (Lipinski definition) is 6. The lowest BCUT2D eigenvalue weighted by Crippen LogP contribution is -2.16. The number of hydrogen-bond donors (Lipinski definition) is 1. The largest absolute Gasteiger partial charge is 0.497 e. The van der Waals surface area contributed by atoms with Crippen molar-refractivity contribution in [2.75, 3.05) is 12.4 Å². The summed E-state index contributed by atoms with van der Waals surface area (Å²) in [5.74, 6) is -0.777. The molecule has 8 nitrogen and oxygen atoms in total. The predicted molar refractivity (Wildman–Crippen MR) is 114 cm³/mol. The summed E-state index contributed by atoms with van der Waals surface area (Å²) in [6.45, 7) is 0.